The van der Waals surface area contributed by atoms with Crippen molar-refractivity contribution in [2.75, 3.05) is 37.7 Å². The van der Waals surface area contributed by atoms with E-state index in [9.17, 15) is 19.2 Å². The highest BCUT2D eigenvalue weighted by molar-refractivity contribution is 8.03. The van der Waals surface area contributed by atoms with Crippen LogP contribution in [-0.2, 0) is 19.2 Å². The molecule has 8 nitrogen and oxygen atoms in total. The molecule has 0 saturated carbocycles. The predicted molar refractivity (Wildman–Crippen MR) is 84.4 cm³/mol. The molecule has 0 aromatic heterocycles. The minimum absolute atomic E-state index is 0.0945. The van der Waals surface area contributed by atoms with Gasteiger partial charge in [-0.05, 0) is 0 Å². The molecule has 0 N–H and O–H groups in total. The number of rotatable bonds is 13. The third kappa shape index (κ3) is 12.0. The Morgan fingerprint density at radius 3 is 1.09 bits per heavy atom. The molecule has 0 rings (SSSR count). The van der Waals surface area contributed by atoms with Crippen molar-refractivity contribution in [3.63, 3.8) is 0 Å². The average Bonchev–Trinajstić information content (AvgIpc) is 2.54. The van der Waals surface area contributed by atoms with Crippen molar-refractivity contribution in [2.24, 2.45) is 20.0 Å². The van der Waals surface area contributed by atoms with Crippen LogP contribution in [0.5, 0.6) is 0 Å². The molecular weight excluding hydrogens is 328 g/mol. The third-order valence-electron chi connectivity index (χ3n) is 2.23. The number of carbonyl (C=O) groups excluding carboxylic acids is 4. The molecule has 0 aliphatic carbocycles. The summed E-state index contributed by atoms with van der Waals surface area (Å²) in [5, 5.41) is -0.189. The van der Waals surface area contributed by atoms with Crippen molar-refractivity contribution < 1.29 is 19.2 Å². The zero-order chi connectivity index (χ0) is 16.5. The Bertz CT molecular complexity index is 419. The van der Waals surface area contributed by atoms with Gasteiger partial charge < -0.3 is 0 Å². The largest absolute Gasteiger partial charge is 0.234 e. The predicted octanol–water partition coefficient (Wildman–Crippen LogP) is 0.533. The summed E-state index contributed by atoms with van der Waals surface area (Å²) in [6.07, 6.45) is 5.79. The van der Waals surface area contributed by atoms with Crippen molar-refractivity contribution in [3.8, 4) is 0 Å². The fourth-order valence-corrected chi connectivity index (χ4v) is 3.47. The monoisotopic (exact) mass is 342 g/mol. The van der Waals surface area contributed by atoms with E-state index in [0.717, 1.165) is 0 Å². The van der Waals surface area contributed by atoms with Gasteiger partial charge in [0, 0.05) is 22.0 Å². The van der Waals surface area contributed by atoms with Crippen LogP contribution in [0, 0.1) is 0 Å². The summed E-state index contributed by atoms with van der Waals surface area (Å²) < 4.78 is 0. The van der Waals surface area contributed by atoms with Crippen molar-refractivity contribution in [2.45, 2.75) is 10.5 Å². The Kier molecular flexibility index (Phi) is 14.3. The quantitative estimate of drug-likeness (QED) is 0.274. The van der Waals surface area contributed by atoms with Crippen LogP contribution in [0.2, 0.25) is 0 Å². The molecule has 0 bridgehead atoms. The second-order valence-electron chi connectivity index (χ2n) is 3.71. The number of hydrogen-bond donors (Lipinski definition) is 0. The summed E-state index contributed by atoms with van der Waals surface area (Å²) in [4.78, 5) is 54.3. The summed E-state index contributed by atoms with van der Waals surface area (Å²) >= 11 is 3.02. The number of isocyanates is 4. The van der Waals surface area contributed by atoms with Crippen LogP contribution in [0.25, 0.3) is 0 Å². The van der Waals surface area contributed by atoms with Crippen LogP contribution in [-0.4, -0.2) is 72.5 Å². The maximum atomic E-state index is 10.1. The highest BCUT2D eigenvalue weighted by Gasteiger charge is 2.11. The van der Waals surface area contributed by atoms with E-state index in [4.69, 9.17) is 0 Å². The van der Waals surface area contributed by atoms with Gasteiger partial charge in [-0.3, -0.25) is 0 Å². The zero-order valence-corrected chi connectivity index (χ0v) is 13.3. The number of nitrogens with zero attached hydrogens (tertiary/aromatic N) is 4. The van der Waals surface area contributed by atoms with Gasteiger partial charge in [0.1, 0.15) is 0 Å². The second-order valence-corrected chi connectivity index (χ2v) is 6.53. The lowest BCUT2D eigenvalue weighted by molar-refractivity contribution is 0.560. The van der Waals surface area contributed by atoms with Gasteiger partial charge in [-0.25, -0.2) is 39.1 Å². The van der Waals surface area contributed by atoms with Gasteiger partial charge >= 0.3 is 0 Å². The van der Waals surface area contributed by atoms with E-state index in [1.165, 1.54) is 47.8 Å². The van der Waals surface area contributed by atoms with Crippen LogP contribution in [0.15, 0.2) is 20.0 Å². The topological polar surface area (TPSA) is 118 Å². The molecule has 0 aromatic carbocycles. The molecule has 0 aromatic rings. The first kappa shape index (κ1) is 20.2. The van der Waals surface area contributed by atoms with Gasteiger partial charge in [-0.2, -0.15) is 23.5 Å². The summed E-state index contributed by atoms with van der Waals surface area (Å²) in [5.41, 5.74) is 0. The van der Waals surface area contributed by atoms with Gasteiger partial charge in [0.15, 0.2) is 0 Å². The molecule has 0 aliphatic heterocycles. The maximum absolute atomic E-state index is 10.1. The molecule has 0 aliphatic rings. The molecule has 0 unspecified atom stereocenters. The number of thioether (sulfide) groups is 2. The minimum atomic E-state index is -0.0945. The van der Waals surface area contributed by atoms with Gasteiger partial charge in [0.2, 0.25) is 24.3 Å². The minimum Gasteiger partial charge on any atom is -0.211 e. The van der Waals surface area contributed by atoms with E-state index in [2.05, 4.69) is 20.0 Å². The molecule has 0 fully saturated rings. The molecule has 0 amide bonds. The summed E-state index contributed by atoms with van der Waals surface area (Å²) in [6.45, 7) is 0.938. The summed E-state index contributed by atoms with van der Waals surface area (Å²) in [6, 6.07) is 0. The van der Waals surface area contributed by atoms with Gasteiger partial charge in [0.05, 0.1) is 26.2 Å². The van der Waals surface area contributed by atoms with Crippen molar-refractivity contribution in [1.82, 2.24) is 0 Å². The van der Waals surface area contributed by atoms with Crippen molar-refractivity contribution in [1.29, 1.82) is 0 Å². The molecule has 118 valence electrons. The molecule has 10 heteroatoms. The van der Waals surface area contributed by atoms with E-state index in [1.807, 2.05) is 0 Å². The fraction of sp³-hybridized carbons (Fsp3) is 0.667. The Morgan fingerprint density at radius 1 is 0.591 bits per heavy atom. The van der Waals surface area contributed by atoms with Crippen molar-refractivity contribution in [3.05, 3.63) is 0 Å². The second kappa shape index (κ2) is 15.6. The molecule has 22 heavy (non-hydrogen) atoms. The smallest absolute Gasteiger partial charge is 0.211 e. The molecule has 0 spiro atoms. The normalized spacial score (nSPS) is 11.8. The Hall–Kier alpha value is -1.78. The van der Waals surface area contributed by atoms with Crippen LogP contribution < -0.4 is 0 Å². The van der Waals surface area contributed by atoms with Crippen LogP contribution in [0.4, 0.5) is 0 Å². The van der Waals surface area contributed by atoms with Gasteiger partial charge in [0.25, 0.3) is 0 Å². The third-order valence-corrected chi connectivity index (χ3v) is 4.91. The molecule has 0 heterocycles. The Morgan fingerprint density at radius 2 is 0.864 bits per heavy atom. The van der Waals surface area contributed by atoms with E-state index >= 15 is 0 Å². The highest BCUT2D eigenvalue weighted by atomic mass is 32.2. The zero-order valence-electron chi connectivity index (χ0n) is 11.6. The van der Waals surface area contributed by atoms with E-state index in [-0.39, 0.29) is 36.7 Å². The Balaban J connectivity index is 4.18. The molecular formula is C12H14N4O4S2. The SMILES string of the molecule is O=C=NCC(CN=C=O)SCCSC(CN=C=O)CN=C=O. The number of aliphatic imine (C=N–C) groups is 4. The lowest BCUT2D eigenvalue weighted by Crippen LogP contribution is -2.15. The van der Waals surface area contributed by atoms with E-state index < -0.39 is 0 Å². The summed E-state index contributed by atoms with van der Waals surface area (Å²) in [7, 11) is 0. The lowest BCUT2D eigenvalue weighted by Gasteiger charge is -2.13. The molecule has 0 atom stereocenters. The van der Waals surface area contributed by atoms with Gasteiger partial charge in [-0.15, -0.1) is 0 Å². The van der Waals surface area contributed by atoms with Crippen LogP contribution in [0.3, 0.4) is 0 Å². The highest BCUT2D eigenvalue weighted by Crippen LogP contribution is 2.18. The lowest BCUT2D eigenvalue weighted by atomic mass is 10.4. The van der Waals surface area contributed by atoms with Crippen LogP contribution >= 0.6 is 23.5 Å². The first-order chi connectivity index (χ1) is 10.8. The molecule has 0 saturated heterocycles. The maximum Gasteiger partial charge on any atom is 0.234 e. The average molecular weight is 342 g/mol. The molecule has 0 radical (unpaired) electrons. The van der Waals surface area contributed by atoms with Crippen LogP contribution in [0.1, 0.15) is 0 Å². The van der Waals surface area contributed by atoms with Gasteiger partial charge in [-0.1, -0.05) is 0 Å². The Labute approximate surface area is 135 Å². The first-order valence-electron chi connectivity index (χ1n) is 6.16. The standard InChI is InChI=1S/C12H14N4O4S2/c17-7-13-3-11(4-14-8-18)21-1-2-22-12(5-15-9-19)6-16-10-20/h11-12H,1-6H2. The van der Waals surface area contributed by atoms with E-state index in [1.54, 1.807) is 0 Å². The summed E-state index contributed by atoms with van der Waals surface area (Å²) in [5.74, 6) is 1.42. The van der Waals surface area contributed by atoms with E-state index in [0.29, 0.717) is 11.5 Å². The fourth-order valence-electron chi connectivity index (χ4n) is 1.31. The first-order valence-corrected chi connectivity index (χ1v) is 8.26. The van der Waals surface area contributed by atoms with Crippen molar-refractivity contribution >= 4 is 47.8 Å². The number of hydrogen-bond acceptors (Lipinski definition) is 10.